The third-order valence-corrected chi connectivity index (χ3v) is 4.51. The molecule has 0 aromatic heterocycles. The largest absolute Gasteiger partial charge is 0.481 e. The summed E-state index contributed by atoms with van der Waals surface area (Å²) in [5.41, 5.74) is 3.73. The highest BCUT2D eigenvalue weighted by Crippen LogP contribution is 2.31. The van der Waals surface area contributed by atoms with Gasteiger partial charge in [0.05, 0.1) is 5.92 Å². The van der Waals surface area contributed by atoms with Crippen molar-refractivity contribution in [1.29, 1.82) is 0 Å². The molecule has 5 heteroatoms. The zero-order valence-corrected chi connectivity index (χ0v) is 14.8. The Morgan fingerprint density at radius 2 is 2.28 bits per heavy atom. The summed E-state index contributed by atoms with van der Waals surface area (Å²) in [4.78, 5) is 22.9. The monoisotopic (exact) mass is 342 g/mol. The summed E-state index contributed by atoms with van der Waals surface area (Å²) in [7, 11) is 0. The van der Waals surface area contributed by atoms with Crippen molar-refractivity contribution in [2.24, 2.45) is 5.92 Å². The summed E-state index contributed by atoms with van der Waals surface area (Å²) < 4.78 is 0. The number of carbonyl (C=O) groups is 2. The lowest BCUT2D eigenvalue weighted by Crippen LogP contribution is -2.28. The fourth-order valence-corrected chi connectivity index (χ4v) is 2.93. The van der Waals surface area contributed by atoms with Gasteiger partial charge in [0.15, 0.2) is 0 Å². The molecule has 0 aromatic rings. The molecule has 0 bridgehead atoms. The maximum Gasteiger partial charge on any atom is 0.303 e. The van der Waals surface area contributed by atoms with Gasteiger partial charge in [-0.1, -0.05) is 30.4 Å². The zero-order chi connectivity index (χ0) is 18.4. The first-order valence-corrected chi connectivity index (χ1v) is 8.59. The number of allylic oxidation sites excluding steroid dienone is 7. The summed E-state index contributed by atoms with van der Waals surface area (Å²) in [6.45, 7) is 7.87. The Balaban J connectivity index is 1.91. The van der Waals surface area contributed by atoms with E-state index in [1.54, 1.807) is 0 Å². The summed E-state index contributed by atoms with van der Waals surface area (Å²) in [6, 6.07) is 0.106. The van der Waals surface area contributed by atoms with Crippen LogP contribution in [0.1, 0.15) is 39.5 Å². The van der Waals surface area contributed by atoms with Gasteiger partial charge in [-0.05, 0) is 56.5 Å². The summed E-state index contributed by atoms with van der Waals surface area (Å²) in [6.07, 6.45) is 12.0. The Morgan fingerprint density at radius 1 is 1.52 bits per heavy atom. The van der Waals surface area contributed by atoms with E-state index in [0.717, 1.165) is 28.8 Å². The molecular weight excluding hydrogens is 316 g/mol. The molecule has 134 valence electrons. The molecule has 0 spiro atoms. The van der Waals surface area contributed by atoms with Crippen LogP contribution in [-0.4, -0.2) is 23.0 Å². The van der Waals surface area contributed by atoms with Gasteiger partial charge in [0.2, 0.25) is 5.91 Å². The van der Waals surface area contributed by atoms with E-state index in [9.17, 15) is 9.59 Å². The van der Waals surface area contributed by atoms with E-state index in [1.165, 1.54) is 0 Å². The molecule has 2 rings (SSSR count). The number of carbonyl (C=O) groups excluding carboxylic acids is 1. The van der Waals surface area contributed by atoms with Gasteiger partial charge < -0.3 is 15.7 Å². The first kappa shape index (κ1) is 18.8. The van der Waals surface area contributed by atoms with Crippen LogP contribution in [-0.2, 0) is 9.59 Å². The van der Waals surface area contributed by atoms with E-state index >= 15 is 0 Å². The van der Waals surface area contributed by atoms with Crippen molar-refractivity contribution >= 4 is 11.9 Å². The van der Waals surface area contributed by atoms with Crippen LogP contribution in [0, 0.1) is 5.92 Å². The Labute approximate surface area is 148 Å². The van der Waals surface area contributed by atoms with Crippen LogP contribution in [0.25, 0.3) is 0 Å². The second-order valence-corrected chi connectivity index (χ2v) is 6.57. The van der Waals surface area contributed by atoms with Crippen molar-refractivity contribution in [1.82, 2.24) is 10.6 Å². The lowest BCUT2D eigenvalue weighted by molar-refractivity contribution is -0.137. The highest BCUT2D eigenvalue weighted by atomic mass is 16.4. The lowest BCUT2D eigenvalue weighted by Gasteiger charge is -2.17. The molecule has 0 saturated carbocycles. The molecule has 2 atom stereocenters. The van der Waals surface area contributed by atoms with Crippen molar-refractivity contribution in [3.8, 4) is 0 Å². The molecule has 1 fully saturated rings. The van der Waals surface area contributed by atoms with Gasteiger partial charge in [0.25, 0.3) is 0 Å². The molecule has 2 aliphatic rings. The third kappa shape index (κ3) is 5.21. The van der Waals surface area contributed by atoms with E-state index in [4.69, 9.17) is 5.11 Å². The van der Waals surface area contributed by atoms with E-state index < -0.39 is 5.97 Å². The molecule has 1 saturated heterocycles. The fraction of sp³-hybridized carbons (Fsp3) is 0.400. The van der Waals surface area contributed by atoms with Crippen LogP contribution >= 0.6 is 0 Å². The normalized spacial score (nSPS) is 20.8. The highest BCUT2D eigenvalue weighted by Gasteiger charge is 2.33. The predicted octanol–water partition coefficient (Wildman–Crippen LogP) is 3.20. The van der Waals surface area contributed by atoms with Crippen molar-refractivity contribution in [3.63, 3.8) is 0 Å². The lowest BCUT2D eigenvalue weighted by atomic mass is 9.92. The number of aliphatic carboxylic acids is 1. The van der Waals surface area contributed by atoms with Gasteiger partial charge in [-0.25, -0.2) is 0 Å². The van der Waals surface area contributed by atoms with Crippen LogP contribution in [0.3, 0.4) is 0 Å². The van der Waals surface area contributed by atoms with E-state index in [2.05, 4.69) is 29.4 Å². The minimum atomic E-state index is -0.822. The smallest absolute Gasteiger partial charge is 0.303 e. The Hall–Kier alpha value is -2.56. The number of amides is 1. The van der Waals surface area contributed by atoms with Gasteiger partial charge in [-0.2, -0.15) is 0 Å². The molecule has 0 radical (unpaired) electrons. The Bertz CT molecular complexity index is 683. The number of fused-ring (bicyclic) bond motifs is 1. The summed E-state index contributed by atoms with van der Waals surface area (Å²) >= 11 is 0. The van der Waals surface area contributed by atoms with Gasteiger partial charge in [0, 0.05) is 18.2 Å². The second-order valence-electron chi connectivity index (χ2n) is 6.57. The molecule has 1 aliphatic heterocycles. The van der Waals surface area contributed by atoms with E-state index in [-0.39, 0.29) is 24.3 Å². The minimum Gasteiger partial charge on any atom is -0.481 e. The topological polar surface area (TPSA) is 78.4 Å². The number of hydrogen-bond donors (Lipinski definition) is 3. The number of carboxylic acids is 1. The molecule has 1 aliphatic carbocycles. The highest BCUT2D eigenvalue weighted by molar-refractivity contribution is 5.90. The zero-order valence-electron chi connectivity index (χ0n) is 14.8. The summed E-state index contributed by atoms with van der Waals surface area (Å²) in [5.74, 6) is -0.914. The van der Waals surface area contributed by atoms with Crippen molar-refractivity contribution in [2.45, 2.75) is 45.6 Å². The molecular formula is C20H26N2O3. The number of nitrogens with one attached hydrogen (secondary N) is 2. The predicted molar refractivity (Wildman–Crippen MR) is 98.5 cm³/mol. The second kappa shape index (κ2) is 8.51. The van der Waals surface area contributed by atoms with Crippen molar-refractivity contribution < 1.29 is 14.7 Å². The van der Waals surface area contributed by atoms with Crippen LogP contribution in [0.2, 0.25) is 0 Å². The number of carboxylic acid groups (broad SMARTS) is 1. The molecule has 1 heterocycles. The first-order valence-electron chi connectivity index (χ1n) is 8.59. The molecule has 5 nitrogen and oxygen atoms in total. The standard InChI is InChI=1S/C20H26N2O3/c1-13(9-10-19(23)24)14(2)12-21-15(3)11-17-16-7-5-4-6-8-18(16)22-20(17)25/h4,6-8,12,15,17,21H,1,5,9-11H2,2-3H3,(H,22,25)(H,23,24)/b14-12-. The number of rotatable bonds is 8. The maximum atomic E-state index is 12.3. The average molecular weight is 342 g/mol. The first-order chi connectivity index (χ1) is 11.9. The van der Waals surface area contributed by atoms with Gasteiger partial charge in [-0.3, -0.25) is 9.59 Å². The van der Waals surface area contributed by atoms with Gasteiger partial charge in [0.1, 0.15) is 0 Å². The average Bonchev–Trinajstić information content (AvgIpc) is 2.74. The minimum absolute atomic E-state index is 0.0491. The van der Waals surface area contributed by atoms with Gasteiger partial charge >= 0.3 is 5.97 Å². The van der Waals surface area contributed by atoms with Crippen LogP contribution in [0.4, 0.5) is 0 Å². The summed E-state index contributed by atoms with van der Waals surface area (Å²) in [5, 5.41) is 15.0. The molecule has 3 N–H and O–H groups in total. The van der Waals surface area contributed by atoms with Crippen molar-refractivity contribution in [2.75, 3.05) is 0 Å². The quantitative estimate of drug-likeness (QED) is 0.592. The fourth-order valence-electron chi connectivity index (χ4n) is 2.93. The third-order valence-electron chi connectivity index (χ3n) is 4.51. The van der Waals surface area contributed by atoms with Crippen LogP contribution < -0.4 is 10.6 Å². The molecule has 0 aromatic carbocycles. The SMILES string of the molecule is C=C(CCC(=O)O)/C(C)=C\NC(C)CC1C(=O)NC2=CC=CCC=C21. The maximum absolute atomic E-state index is 12.3. The number of hydrogen-bond acceptors (Lipinski definition) is 3. The van der Waals surface area contributed by atoms with Gasteiger partial charge in [-0.15, -0.1) is 0 Å². The Kier molecular flexibility index (Phi) is 6.39. The molecule has 25 heavy (non-hydrogen) atoms. The van der Waals surface area contributed by atoms with E-state index in [0.29, 0.717) is 12.8 Å². The Morgan fingerprint density at radius 3 is 3.00 bits per heavy atom. The van der Waals surface area contributed by atoms with Crippen molar-refractivity contribution in [3.05, 3.63) is 59.5 Å². The van der Waals surface area contributed by atoms with E-state index in [1.807, 2.05) is 32.2 Å². The molecule has 1 amide bonds. The molecule has 2 unspecified atom stereocenters. The van der Waals surface area contributed by atoms with Crippen LogP contribution in [0.15, 0.2) is 59.5 Å². The van der Waals surface area contributed by atoms with Crippen LogP contribution in [0.5, 0.6) is 0 Å².